The van der Waals surface area contributed by atoms with Crippen LogP contribution in [0.2, 0.25) is 0 Å². The lowest BCUT2D eigenvalue weighted by Crippen LogP contribution is -2.24. The molecule has 0 bridgehead atoms. The first-order chi connectivity index (χ1) is 15.2. The zero-order valence-electron chi connectivity index (χ0n) is 17.7. The number of anilines is 1. The van der Waals surface area contributed by atoms with Crippen LogP contribution in [0.1, 0.15) is 34.3 Å². The van der Waals surface area contributed by atoms with Crippen LogP contribution in [0.15, 0.2) is 65.4 Å². The third kappa shape index (κ3) is 4.64. The molecule has 0 saturated carbocycles. The predicted octanol–water partition coefficient (Wildman–Crippen LogP) is 2.84. The summed E-state index contributed by atoms with van der Waals surface area (Å²) in [6, 6.07) is 17.8. The van der Waals surface area contributed by atoms with Crippen LogP contribution in [0.5, 0.6) is 0 Å². The summed E-state index contributed by atoms with van der Waals surface area (Å²) in [5.41, 5.74) is 3.67. The standard InChI is InChI=1S/C23H21N5O3S/c1-14-19(12-24)21(15-6-4-8-17(10-15)23(29)26-2)20(13-25)22(27-14)16-7-5-9-18(11-16)28-32(3,30)31/h4-11,21,27-28H,1-3H3,(H,26,29). The van der Waals surface area contributed by atoms with Gasteiger partial charge in [0.15, 0.2) is 0 Å². The number of rotatable bonds is 5. The van der Waals surface area contributed by atoms with Gasteiger partial charge >= 0.3 is 0 Å². The number of carbonyl (C=O) groups is 1. The molecular formula is C23H21N5O3S. The predicted molar refractivity (Wildman–Crippen MR) is 121 cm³/mol. The molecule has 9 heteroatoms. The summed E-state index contributed by atoms with van der Waals surface area (Å²) >= 11 is 0. The van der Waals surface area contributed by atoms with Crippen molar-refractivity contribution < 1.29 is 13.2 Å². The van der Waals surface area contributed by atoms with Crippen molar-refractivity contribution in [1.82, 2.24) is 10.6 Å². The number of hydrogen-bond acceptors (Lipinski definition) is 6. The van der Waals surface area contributed by atoms with Crippen LogP contribution in [0, 0.1) is 22.7 Å². The molecule has 8 nitrogen and oxygen atoms in total. The van der Waals surface area contributed by atoms with Gasteiger partial charge in [-0.2, -0.15) is 10.5 Å². The Balaban J connectivity index is 2.20. The molecule has 1 aliphatic rings. The Morgan fingerprint density at radius 3 is 2.38 bits per heavy atom. The van der Waals surface area contributed by atoms with Gasteiger partial charge in [0, 0.05) is 29.6 Å². The Morgan fingerprint density at radius 1 is 1.06 bits per heavy atom. The van der Waals surface area contributed by atoms with Gasteiger partial charge in [-0.05, 0) is 36.8 Å². The lowest BCUT2D eigenvalue weighted by atomic mass is 9.80. The molecule has 1 unspecified atom stereocenters. The van der Waals surface area contributed by atoms with E-state index in [2.05, 4.69) is 27.5 Å². The van der Waals surface area contributed by atoms with Crippen LogP contribution in [0.3, 0.4) is 0 Å². The van der Waals surface area contributed by atoms with Crippen molar-refractivity contribution in [2.45, 2.75) is 12.8 Å². The molecule has 0 aromatic heterocycles. The van der Waals surface area contributed by atoms with Crippen LogP contribution >= 0.6 is 0 Å². The fraction of sp³-hybridized carbons (Fsp3) is 0.174. The second-order valence-electron chi connectivity index (χ2n) is 7.27. The number of benzene rings is 2. The number of hydrogen-bond donors (Lipinski definition) is 3. The van der Waals surface area contributed by atoms with E-state index < -0.39 is 15.9 Å². The van der Waals surface area contributed by atoms with Gasteiger partial charge in [0.25, 0.3) is 5.91 Å². The molecular weight excluding hydrogens is 426 g/mol. The monoisotopic (exact) mass is 447 g/mol. The SMILES string of the molecule is CNC(=O)c1cccc(C2C(C#N)=C(C)NC(c3cccc(NS(C)(=O)=O)c3)=C2C#N)c1. The molecule has 0 radical (unpaired) electrons. The minimum absolute atomic E-state index is 0.276. The van der Waals surface area contributed by atoms with Crippen LogP contribution in [0.25, 0.3) is 5.70 Å². The second-order valence-corrected chi connectivity index (χ2v) is 9.02. The fourth-order valence-corrected chi connectivity index (χ4v) is 4.17. The van der Waals surface area contributed by atoms with E-state index in [9.17, 15) is 23.7 Å². The van der Waals surface area contributed by atoms with Gasteiger partial charge in [-0.25, -0.2) is 8.42 Å². The topological polar surface area (TPSA) is 135 Å². The molecule has 162 valence electrons. The van der Waals surface area contributed by atoms with E-state index in [0.717, 1.165) is 6.26 Å². The highest BCUT2D eigenvalue weighted by atomic mass is 32.2. The summed E-state index contributed by atoms with van der Waals surface area (Å²) in [5.74, 6) is -0.959. The molecule has 2 aromatic carbocycles. The molecule has 32 heavy (non-hydrogen) atoms. The van der Waals surface area contributed by atoms with Crippen molar-refractivity contribution in [1.29, 1.82) is 10.5 Å². The molecule has 0 aliphatic carbocycles. The maximum atomic E-state index is 12.1. The molecule has 1 heterocycles. The highest BCUT2D eigenvalue weighted by Crippen LogP contribution is 2.40. The van der Waals surface area contributed by atoms with Crippen molar-refractivity contribution in [3.63, 3.8) is 0 Å². The van der Waals surface area contributed by atoms with Gasteiger partial charge in [0.1, 0.15) is 0 Å². The molecule has 0 spiro atoms. The first kappa shape index (κ1) is 22.6. The van der Waals surface area contributed by atoms with E-state index in [0.29, 0.717) is 39.3 Å². The Labute approximate surface area is 186 Å². The average molecular weight is 448 g/mol. The maximum Gasteiger partial charge on any atom is 0.251 e. The maximum absolute atomic E-state index is 12.1. The quantitative estimate of drug-likeness (QED) is 0.645. The molecule has 0 fully saturated rings. The number of nitrogens with one attached hydrogen (secondary N) is 3. The summed E-state index contributed by atoms with van der Waals surface area (Å²) in [6.45, 7) is 1.74. The molecule has 1 atom stereocenters. The van der Waals surface area contributed by atoms with Gasteiger partial charge < -0.3 is 10.6 Å². The highest BCUT2D eigenvalue weighted by Gasteiger charge is 2.31. The molecule has 1 aliphatic heterocycles. The van der Waals surface area contributed by atoms with E-state index in [-0.39, 0.29) is 11.5 Å². The molecule has 0 saturated heterocycles. The Hall–Kier alpha value is -4.08. The average Bonchev–Trinajstić information content (AvgIpc) is 2.76. The van der Waals surface area contributed by atoms with Crippen molar-refractivity contribution >= 4 is 27.3 Å². The van der Waals surface area contributed by atoms with Gasteiger partial charge in [-0.1, -0.05) is 24.3 Å². The summed E-state index contributed by atoms with van der Waals surface area (Å²) in [5, 5.41) is 25.6. The van der Waals surface area contributed by atoms with Crippen molar-refractivity contribution in [3.05, 3.63) is 82.1 Å². The number of nitriles is 2. The summed E-state index contributed by atoms with van der Waals surface area (Å²) < 4.78 is 25.7. The third-order valence-corrected chi connectivity index (χ3v) is 5.57. The number of amides is 1. The Morgan fingerprint density at radius 2 is 1.75 bits per heavy atom. The van der Waals surface area contributed by atoms with Gasteiger partial charge in [0.2, 0.25) is 10.0 Å². The third-order valence-electron chi connectivity index (χ3n) is 4.97. The zero-order valence-corrected chi connectivity index (χ0v) is 18.5. The van der Waals surface area contributed by atoms with Crippen molar-refractivity contribution in [2.24, 2.45) is 0 Å². The number of allylic oxidation sites excluding steroid dienone is 3. The first-order valence-electron chi connectivity index (χ1n) is 9.61. The van der Waals surface area contributed by atoms with E-state index >= 15 is 0 Å². The number of nitrogens with zero attached hydrogens (tertiary/aromatic N) is 2. The van der Waals surface area contributed by atoms with Crippen LogP contribution in [-0.4, -0.2) is 27.6 Å². The molecule has 2 aromatic rings. The van der Waals surface area contributed by atoms with Gasteiger partial charge in [-0.15, -0.1) is 0 Å². The summed E-state index contributed by atoms with van der Waals surface area (Å²) in [7, 11) is -1.95. The van der Waals surface area contributed by atoms with Crippen LogP contribution in [0.4, 0.5) is 5.69 Å². The lowest BCUT2D eigenvalue weighted by Gasteiger charge is -2.28. The highest BCUT2D eigenvalue weighted by molar-refractivity contribution is 7.92. The van der Waals surface area contributed by atoms with Crippen molar-refractivity contribution in [2.75, 3.05) is 18.0 Å². The first-order valence-corrected chi connectivity index (χ1v) is 11.5. The van der Waals surface area contributed by atoms with Crippen LogP contribution in [-0.2, 0) is 10.0 Å². The second kappa shape index (κ2) is 8.96. The van der Waals surface area contributed by atoms with E-state index in [4.69, 9.17) is 0 Å². The smallest absolute Gasteiger partial charge is 0.251 e. The zero-order chi connectivity index (χ0) is 23.5. The minimum atomic E-state index is -3.48. The van der Waals surface area contributed by atoms with E-state index in [1.807, 2.05) is 0 Å². The Bertz CT molecular complexity index is 1340. The van der Waals surface area contributed by atoms with Gasteiger partial charge in [0.05, 0.1) is 41.2 Å². The molecule has 3 rings (SSSR count). The molecule has 1 amide bonds. The Kier molecular flexibility index (Phi) is 6.33. The summed E-state index contributed by atoms with van der Waals surface area (Å²) in [6.07, 6.45) is 1.06. The number of dihydropyridines is 1. The minimum Gasteiger partial charge on any atom is -0.357 e. The number of carbonyl (C=O) groups excluding carboxylic acids is 1. The molecule has 3 N–H and O–H groups in total. The normalized spacial score (nSPS) is 16.0. The number of sulfonamides is 1. The van der Waals surface area contributed by atoms with Crippen molar-refractivity contribution in [3.8, 4) is 12.1 Å². The summed E-state index contributed by atoms with van der Waals surface area (Å²) in [4.78, 5) is 12.1. The fourth-order valence-electron chi connectivity index (χ4n) is 3.61. The van der Waals surface area contributed by atoms with E-state index in [1.165, 1.54) is 7.05 Å². The van der Waals surface area contributed by atoms with E-state index in [1.54, 1.807) is 55.5 Å². The van der Waals surface area contributed by atoms with Gasteiger partial charge in [-0.3, -0.25) is 9.52 Å². The largest absolute Gasteiger partial charge is 0.357 e. The van der Waals surface area contributed by atoms with Crippen LogP contribution < -0.4 is 15.4 Å². The lowest BCUT2D eigenvalue weighted by molar-refractivity contribution is 0.0963.